The topological polar surface area (TPSA) is 87.1 Å². The third-order valence-electron chi connectivity index (χ3n) is 4.28. The molecule has 0 aliphatic rings. The molecule has 0 amide bonds. The molecule has 7 nitrogen and oxygen atoms in total. The third-order valence-corrected chi connectivity index (χ3v) is 4.28. The first-order chi connectivity index (χ1) is 13.0. The highest BCUT2D eigenvalue weighted by Crippen LogP contribution is 2.45. The fourth-order valence-electron chi connectivity index (χ4n) is 3.04. The number of carboxylic acid groups (broad SMARTS) is 1. The van der Waals surface area contributed by atoms with Crippen molar-refractivity contribution < 1.29 is 28.8 Å². The van der Waals surface area contributed by atoms with E-state index in [0.29, 0.717) is 39.6 Å². The second kappa shape index (κ2) is 7.41. The van der Waals surface area contributed by atoms with E-state index in [4.69, 9.17) is 18.9 Å². The second-order valence-electron chi connectivity index (χ2n) is 5.62. The zero-order valence-corrected chi connectivity index (χ0v) is 15.4. The summed E-state index contributed by atoms with van der Waals surface area (Å²) in [5, 5.41) is 11.1. The number of aromatic carboxylic acids is 1. The van der Waals surface area contributed by atoms with Crippen LogP contribution in [0.25, 0.3) is 22.0 Å². The largest absolute Gasteiger partial charge is 0.497 e. The number of carbonyl (C=O) groups is 1. The van der Waals surface area contributed by atoms with Crippen LogP contribution in [-0.4, -0.2) is 44.5 Å². The molecule has 2 aromatic carbocycles. The molecule has 0 saturated carbocycles. The number of hydrogen-bond acceptors (Lipinski definition) is 6. The molecule has 3 rings (SSSR count). The van der Waals surface area contributed by atoms with E-state index in [1.54, 1.807) is 30.5 Å². The van der Waals surface area contributed by atoms with E-state index in [1.165, 1.54) is 34.5 Å². The number of carboxylic acids is 1. The van der Waals surface area contributed by atoms with Crippen LogP contribution in [0.3, 0.4) is 0 Å². The van der Waals surface area contributed by atoms with Gasteiger partial charge in [-0.05, 0) is 30.3 Å². The van der Waals surface area contributed by atoms with Gasteiger partial charge in [-0.1, -0.05) is 0 Å². The van der Waals surface area contributed by atoms with Crippen LogP contribution in [0.4, 0.5) is 0 Å². The van der Waals surface area contributed by atoms with Crippen molar-refractivity contribution in [3.63, 3.8) is 0 Å². The second-order valence-corrected chi connectivity index (χ2v) is 5.62. The average molecular weight is 369 g/mol. The van der Waals surface area contributed by atoms with Gasteiger partial charge in [-0.2, -0.15) is 0 Å². The van der Waals surface area contributed by atoms with Gasteiger partial charge >= 0.3 is 5.97 Å². The zero-order valence-electron chi connectivity index (χ0n) is 15.4. The van der Waals surface area contributed by atoms with Crippen molar-refractivity contribution in [2.45, 2.75) is 0 Å². The molecule has 1 heterocycles. The van der Waals surface area contributed by atoms with E-state index in [-0.39, 0.29) is 5.56 Å². The maximum absolute atomic E-state index is 11.8. The number of ether oxygens (including phenoxy) is 4. The summed E-state index contributed by atoms with van der Waals surface area (Å²) in [5.74, 6) is 0.781. The molecule has 1 aromatic heterocycles. The Balaban J connectivity index is 2.39. The fourth-order valence-corrected chi connectivity index (χ4v) is 3.04. The number of hydrogen-bond donors (Lipinski definition) is 1. The Hall–Kier alpha value is -3.48. The number of pyridine rings is 1. The Kier molecular flexibility index (Phi) is 5.03. The molecule has 7 heteroatoms. The first-order valence-electron chi connectivity index (χ1n) is 8.05. The molecular weight excluding hydrogens is 350 g/mol. The van der Waals surface area contributed by atoms with Gasteiger partial charge in [0.2, 0.25) is 5.75 Å². The first kappa shape index (κ1) is 18.3. The molecule has 0 saturated heterocycles. The molecule has 3 aromatic rings. The van der Waals surface area contributed by atoms with Crippen LogP contribution in [0.15, 0.2) is 36.5 Å². The van der Waals surface area contributed by atoms with Gasteiger partial charge in [0.05, 0.1) is 39.7 Å². The third kappa shape index (κ3) is 3.08. The Bertz CT molecular complexity index is 1020. The maximum Gasteiger partial charge on any atom is 0.336 e. The lowest BCUT2D eigenvalue weighted by molar-refractivity contribution is 0.0697. The summed E-state index contributed by atoms with van der Waals surface area (Å²) in [6, 6.07) is 8.38. The van der Waals surface area contributed by atoms with Crippen LogP contribution in [0.2, 0.25) is 0 Å². The van der Waals surface area contributed by atoms with Gasteiger partial charge in [0.1, 0.15) is 5.75 Å². The Morgan fingerprint density at radius 2 is 1.63 bits per heavy atom. The summed E-state index contributed by atoms with van der Waals surface area (Å²) < 4.78 is 21.5. The molecule has 0 spiro atoms. The fraction of sp³-hybridized carbons (Fsp3) is 0.200. The lowest BCUT2D eigenvalue weighted by Crippen LogP contribution is -2.02. The van der Waals surface area contributed by atoms with Gasteiger partial charge in [-0.3, -0.25) is 4.98 Å². The van der Waals surface area contributed by atoms with Crippen molar-refractivity contribution in [3.8, 4) is 34.3 Å². The number of rotatable bonds is 6. The predicted molar refractivity (Wildman–Crippen MR) is 100 cm³/mol. The van der Waals surface area contributed by atoms with Crippen LogP contribution >= 0.6 is 0 Å². The van der Waals surface area contributed by atoms with E-state index < -0.39 is 5.97 Å². The zero-order chi connectivity index (χ0) is 19.6. The molecule has 0 atom stereocenters. The van der Waals surface area contributed by atoms with Crippen LogP contribution < -0.4 is 18.9 Å². The highest BCUT2D eigenvalue weighted by atomic mass is 16.5. The molecule has 0 radical (unpaired) electrons. The molecule has 0 bridgehead atoms. The molecular formula is C20H19NO6. The molecule has 140 valence electrons. The van der Waals surface area contributed by atoms with Crippen LogP contribution in [-0.2, 0) is 0 Å². The molecule has 27 heavy (non-hydrogen) atoms. The van der Waals surface area contributed by atoms with Crippen LogP contribution in [0, 0.1) is 0 Å². The van der Waals surface area contributed by atoms with Crippen LogP contribution in [0.5, 0.6) is 23.0 Å². The number of benzene rings is 2. The number of fused-ring (bicyclic) bond motifs is 1. The summed E-state index contributed by atoms with van der Waals surface area (Å²) in [6.07, 6.45) is 1.60. The van der Waals surface area contributed by atoms with Gasteiger partial charge in [-0.15, -0.1) is 0 Å². The van der Waals surface area contributed by atoms with Gasteiger partial charge in [0.25, 0.3) is 0 Å². The molecule has 1 N–H and O–H groups in total. The Morgan fingerprint density at radius 1 is 0.889 bits per heavy atom. The lowest BCUT2D eigenvalue weighted by Gasteiger charge is -2.17. The molecule has 0 unspecified atom stereocenters. The van der Waals surface area contributed by atoms with E-state index in [9.17, 15) is 9.90 Å². The summed E-state index contributed by atoms with van der Waals surface area (Å²) in [5.41, 5.74) is 1.04. The normalized spacial score (nSPS) is 10.5. The predicted octanol–water partition coefficient (Wildman–Crippen LogP) is 3.63. The van der Waals surface area contributed by atoms with Crippen molar-refractivity contribution in [1.82, 2.24) is 4.98 Å². The molecule has 0 fully saturated rings. The quantitative estimate of drug-likeness (QED) is 0.710. The first-order valence-corrected chi connectivity index (χ1v) is 8.05. The van der Waals surface area contributed by atoms with Crippen molar-refractivity contribution in [2.75, 3.05) is 28.4 Å². The van der Waals surface area contributed by atoms with E-state index in [0.717, 1.165) is 5.39 Å². The van der Waals surface area contributed by atoms with Crippen LogP contribution in [0.1, 0.15) is 10.4 Å². The SMILES string of the molecule is COc1ccc(-c2nccc3c(OC)c(OC)c(OC)cc23)c(C(=O)O)c1. The summed E-state index contributed by atoms with van der Waals surface area (Å²) >= 11 is 0. The van der Waals surface area contributed by atoms with Gasteiger partial charge < -0.3 is 24.1 Å². The number of methoxy groups -OCH3 is 4. The van der Waals surface area contributed by atoms with Gasteiger partial charge in [-0.25, -0.2) is 4.79 Å². The average Bonchev–Trinajstić information content (AvgIpc) is 2.71. The highest BCUT2D eigenvalue weighted by Gasteiger charge is 2.21. The Labute approximate surface area is 156 Å². The van der Waals surface area contributed by atoms with E-state index >= 15 is 0 Å². The standard InChI is InChI=1S/C20H19NO6/c1-24-11-5-6-12(15(9-11)20(22)23)17-14-10-16(25-2)19(27-4)18(26-3)13(14)7-8-21-17/h5-10H,1-4H3,(H,22,23). The number of aromatic nitrogens is 1. The highest BCUT2D eigenvalue weighted by molar-refractivity contribution is 6.05. The van der Waals surface area contributed by atoms with Crippen molar-refractivity contribution >= 4 is 16.7 Å². The van der Waals surface area contributed by atoms with Crippen molar-refractivity contribution in [2.24, 2.45) is 0 Å². The summed E-state index contributed by atoms with van der Waals surface area (Å²) in [6.45, 7) is 0. The van der Waals surface area contributed by atoms with Crippen molar-refractivity contribution in [1.29, 1.82) is 0 Å². The minimum Gasteiger partial charge on any atom is -0.497 e. The van der Waals surface area contributed by atoms with Gasteiger partial charge in [0, 0.05) is 22.5 Å². The van der Waals surface area contributed by atoms with Crippen molar-refractivity contribution in [3.05, 3.63) is 42.1 Å². The Morgan fingerprint density at radius 3 is 2.22 bits per heavy atom. The van der Waals surface area contributed by atoms with Gasteiger partial charge in [0.15, 0.2) is 11.5 Å². The summed E-state index contributed by atoms with van der Waals surface area (Å²) in [7, 11) is 6.07. The monoisotopic (exact) mass is 369 g/mol. The number of nitrogens with zero attached hydrogens (tertiary/aromatic N) is 1. The van der Waals surface area contributed by atoms with E-state index in [2.05, 4.69) is 4.98 Å². The summed E-state index contributed by atoms with van der Waals surface area (Å²) in [4.78, 5) is 16.2. The minimum absolute atomic E-state index is 0.0862. The molecule has 0 aliphatic carbocycles. The molecule has 0 aliphatic heterocycles. The smallest absolute Gasteiger partial charge is 0.336 e. The lowest BCUT2D eigenvalue weighted by atomic mass is 9.98. The minimum atomic E-state index is -1.07. The van der Waals surface area contributed by atoms with E-state index in [1.807, 2.05) is 0 Å². The maximum atomic E-state index is 11.8.